The number of nitrogens with one attached hydrogen (secondary N) is 1. The van der Waals surface area contributed by atoms with E-state index in [4.69, 9.17) is 4.42 Å². The Morgan fingerprint density at radius 2 is 2.11 bits per heavy atom. The first-order chi connectivity index (χ1) is 8.92. The van der Waals surface area contributed by atoms with E-state index in [1.807, 2.05) is 6.07 Å². The summed E-state index contributed by atoms with van der Waals surface area (Å²) in [6, 6.07) is 1.86. The minimum absolute atomic E-state index is 0.0218. The minimum Gasteiger partial charge on any atom is -0.468 e. The van der Waals surface area contributed by atoms with Crippen LogP contribution >= 0.6 is 0 Å². The molecule has 1 aromatic rings. The Balaban J connectivity index is 2.41. The average Bonchev–Trinajstić information content (AvgIpc) is 2.74. The summed E-state index contributed by atoms with van der Waals surface area (Å²) in [5.41, 5.74) is 1.01. The van der Waals surface area contributed by atoms with Crippen molar-refractivity contribution >= 4 is 0 Å². The van der Waals surface area contributed by atoms with Crippen molar-refractivity contribution in [2.24, 2.45) is 0 Å². The summed E-state index contributed by atoms with van der Waals surface area (Å²) in [6.45, 7) is 4.05. The van der Waals surface area contributed by atoms with Gasteiger partial charge in [0, 0.05) is 18.7 Å². The van der Waals surface area contributed by atoms with Crippen LogP contribution in [0, 0.1) is 0 Å². The Morgan fingerprint density at radius 3 is 2.74 bits per heavy atom. The zero-order valence-corrected chi connectivity index (χ0v) is 11.4. The fourth-order valence-electron chi connectivity index (χ4n) is 1.70. The summed E-state index contributed by atoms with van der Waals surface area (Å²) in [5, 5.41) is 3.25. The molecule has 1 N–H and O–H groups in total. The lowest BCUT2D eigenvalue weighted by Crippen LogP contribution is -2.24. The van der Waals surface area contributed by atoms with Gasteiger partial charge in [0.05, 0.1) is 19.2 Å². The molecule has 0 atom stereocenters. The second-order valence-corrected chi connectivity index (χ2v) is 4.65. The molecule has 0 aromatic carbocycles. The number of alkyl halides is 3. The smallest absolute Gasteiger partial charge is 0.390 e. The van der Waals surface area contributed by atoms with E-state index in [9.17, 15) is 13.2 Å². The lowest BCUT2D eigenvalue weighted by molar-refractivity contribution is -0.137. The van der Waals surface area contributed by atoms with E-state index in [1.54, 1.807) is 18.2 Å². The van der Waals surface area contributed by atoms with E-state index < -0.39 is 12.6 Å². The topological polar surface area (TPSA) is 28.4 Å². The van der Waals surface area contributed by atoms with Gasteiger partial charge in [0.1, 0.15) is 5.76 Å². The van der Waals surface area contributed by atoms with Crippen molar-refractivity contribution in [3.63, 3.8) is 0 Å². The summed E-state index contributed by atoms with van der Waals surface area (Å²) in [5.74, 6) is 0.730. The molecule has 6 heteroatoms. The van der Waals surface area contributed by atoms with Crippen LogP contribution in [0.15, 0.2) is 16.7 Å². The molecular formula is C13H21F3N2O. The zero-order chi connectivity index (χ0) is 14.3. The highest BCUT2D eigenvalue weighted by atomic mass is 19.4. The van der Waals surface area contributed by atoms with Crippen molar-refractivity contribution in [2.45, 2.75) is 39.0 Å². The number of halogens is 3. The predicted molar refractivity (Wildman–Crippen MR) is 67.7 cm³/mol. The third-order valence-corrected chi connectivity index (χ3v) is 2.77. The van der Waals surface area contributed by atoms with Gasteiger partial charge < -0.3 is 9.73 Å². The molecule has 0 radical (unpaired) electrons. The summed E-state index contributed by atoms with van der Waals surface area (Å²) < 4.78 is 41.7. The van der Waals surface area contributed by atoms with E-state index in [1.165, 1.54) is 0 Å². The van der Waals surface area contributed by atoms with Crippen molar-refractivity contribution in [3.05, 3.63) is 23.7 Å². The van der Waals surface area contributed by atoms with Gasteiger partial charge in [-0.05, 0) is 26.1 Å². The normalized spacial score (nSPS) is 12.3. The summed E-state index contributed by atoms with van der Waals surface area (Å²) in [6.07, 6.45) is -2.29. The first-order valence-corrected chi connectivity index (χ1v) is 6.43. The molecule has 19 heavy (non-hydrogen) atoms. The first-order valence-electron chi connectivity index (χ1n) is 6.43. The van der Waals surface area contributed by atoms with Gasteiger partial charge in [0.15, 0.2) is 0 Å². The Labute approximate surface area is 111 Å². The molecule has 1 aromatic heterocycles. The first kappa shape index (κ1) is 16.0. The van der Waals surface area contributed by atoms with Crippen LogP contribution in [0.2, 0.25) is 0 Å². The monoisotopic (exact) mass is 278 g/mol. The van der Waals surface area contributed by atoms with Crippen LogP contribution in [0.5, 0.6) is 0 Å². The Kier molecular flexibility index (Phi) is 6.37. The number of hydrogen-bond donors (Lipinski definition) is 1. The van der Waals surface area contributed by atoms with Crippen LogP contribution in [0.25, 0.3) is 0 Å². The van der Waals surface area contributed by atoms with Gasteiger partial charge in [-0.1, -0.05) is 6.92 Å². The summed E-state index contributed by atoms with van der Waals surface area (Å²) in [7, 11) is 1.66. The predicted octanol–water partition coefficient (Wildman–Crippen LogP) is 3.16. The SMILES string of the molecule is CCCNCc1ccoc1CN(C)CCC(F)(F)F. The van der Waals surface area contributed by atoms with Crippen molar-refractivity contribution in [1.29, 1.82) is 0 Å². The molecule has 0 aliphatic rings. The Hall–Kier alpha value is -1.01. The number of nitrogens with zero attached hydrogens (tertiary/aromatic N) is 1. The fraction of sp³-hybridized carbons (Fsp3) is 0.692. The third kappa shape index (κ3) is 6.63. The fourth-order valence-corrected chi connectivity index (χ4v) is 1.70. The summed E-state index contributed by atoms with van der Waals surface area (Å²) in [4.78, 5) is 1.62. The minimum atomic E-state index is -4.11. The van der Waals surface area contributed by atoms with Crippen LogP contribution < -0.4 is 5.32 Å². The second-order valence-electron chi connectivity index (χ2n) is 4.65. The molecule has 1 rings (SSSR count). The van der Waals surface area contributed by atoms with Crippen molar-refractivity contribution in [1.82, 2.24) is 10.2 Å². The highest BCUT2D eigenvalue weighted by molar-refractivity contribution is 5.16. The molecule has 110 valence electrons. The van der Waals surface area contributed by atoms with E-state index in [0.717, 1.165) is 24.3 Å². The van der Waals surface area contributed by atoms with Crippen LogP contribution in [0.3, 0.4) is 0 Å². The van der Waals surface area contributed by atoms with Crippen LogP contribution in [0.4, 0.5) is 13.2 Å². The molecule has 0 fully saturated rings. The molecule has 0 saturated heterocycles. The van der Waals surface area contributed by atoms with Crippen molar-refractivity contribution in [3.8, 4) is 0 Å². The lowest BCUT2D eigenvalue weighted by atomic mass is 10.2. The Bertz CT molecular complexity index is 363. The molecule has 1 heterocycles. The van der Waals surface area contributed by atoms with E-state index >= 15 is 0 Å². The molecular weight excluding hydrogens is 257 g/mol. The van der Waals surface area contributed by atoms with Crippen molar-refractivity contribution in [2.75, 3.05) is 20.1 Å². The van der Waals surface area contributed by atoms with E-state index in [-0.39, 0.29) is 6.54 Å². The van der Waals surface area contributed by atoms with Gasteiger partial charge in [-0.25, -0.2) is 0 Å². The highest BCUT2D eigenvalue weighted by Crippen LogP contribution is 2.20. The molecule has 0 spiro atoms. The van der Waals surface area contributed by atoms with E-state index in [0.29, 0.717) is 13.1 Å². The molecule has 0 aliphatic heterocycles. The zero-order valence-electron chi connectivity index (χ0n) is 11.4. The third-order valence-electron chi connectivity index (χ3n) is 2.77. The lowest BCUT2D eigenvalue weighted by Gasteiger charge is -2.17. The maximum atomic E-state index is 12.1. The molecule has 0 bridgehead atoms. The second kappa shape index (κ2) is 7.55. The largest absolute Gasteiger partial charge is 0.468 e. The highest BCUT2D eigenvalue weighted by Gasteiger charge is 2.27. The average molecular weight is 278 g/mol. The van der Waals surface area contributed by atoms with Gasteiger partial charge in [-0.3, -0.25) is 4.90 Å². The summed E-state index contributed by atoms with van der Waals surface area (Å²) >= 11 is 0. The van der Waals surface area contributed by atoms with E-state index in [2.05, 4.69) is 12.2 Å². The quantitative estimate of drug-likeness (QED) is 0.740. The Morgan fingerprint density at radius 1 is 1.37 bits per heavy atom. The van der Waals surface area contributed by atoms with Gasteiger partial charge in [-0.15, -0.1) is 0 Å². The van der Waals surface area contributed by atoms with Gasteiger partial charge >= 0.3 is 6.18 Å². The van der Waals surface area contributed by atoms with Crippen LogP contribution in [-0.4, -0.2) is 31.2 Å². The standard InChI is InChI=1S/C13H21F3N2O/c1-3-6-17-9-11-4-8-19-12(11)10-18(2)7-5-13(14,15)16/h4,8,17H,3,5-7,9-10H2,1-2H3. The van der Waals surface area contributed by atoms with Gasteiger partial charge in [0.2, 0.25) is 0 Å². The van der Waals surface area contributed by atoms with Crippen LogP contribution in [0.1, 0.15) is 31.1 Å². The molecule has 0 saturated carbocycles. The van der Waals surface area contributed by atoms with Gasteiger partial charge in [0.25, 0.3) is 0 Å². The maximum absolute atomic E-state index is 12.1. The van der Waals surface area contributed by atoms with Gasteiger partial charge in [-0.2, -0.15) is 13.2 Å². The number of furan rings is 1. The van der Waals surface area contributed by atoms with Crippen molar-refractivity contribution < 1.29 is 17.6 Å². The number of rotatable bonds is 8. The van der Waals surface area contributed by atoms with Crippen LogP contribution in [-0.2, 0) is 13.1 Å². The molecule has 0 unspecified atom stereocenters. The maximum Gasteiger partial charge on any atom is 0.390 e. The molecule has 0 amide bonds. The molecule has 0 aliphatic carbocycles. The molecule has 3 nitrogen and oxygen atoms in total. The number of hydrogen-bond acceptors (Lipinski definition) is 3.